The molecule has 1 aromatic rings. The Bertz CT molecular complexity index is 469. The van der Waals surface area contributed by atoms with E-state index in [9.17, 15) is 4.79 Å². The van der Waals surface area contributed by atoms with Crippen LogP contribution in [0.25, 0.3) is 0 Å². The first-order valence-electron chi connectivity index (χ1n) is 6.98. The van der Waals surface area contributed by atoms with Crippen molar-refractivity contribution in [1.29, 1.82) is 0 Å². The van der Waals surface area contributed by atoms with Gasteiger partial charge in [0.1, 0.15) is 6.61 Å². The van der Waals surface area contributed by atoms with E-state index in [2.05, 4.69) is 30.4 Å². The Labute approximate surface area is 113 Å². The van der Waals surface area contributed by atoms with Crippen LogP contribution < -0.4 is 5.32 Å². The first kappa shape index (κ1) is 12.5. The molecule has 2 aliphatic heterocycles. The molecule has 19 heavy (non-hydrogen) atoms. The van der Waals surface area contributed by atoms with Gasteiger partial charge in [-0.25, -0.2) is 4.79 Å². The number of piperidine rings is 1. The van der Waals surface area contributed by atoms with Gasteiger partial charge in [-0.1, -0.05) is 29.8 Å². The molecule has 0 bridgehead atoms. The molecule has 0 unspecified atom stereocenters. The van der Waals surface area contributed by atoms with E-state index in [0.29, 0.717) is 12.6 Å². The third-order valence-corrected chi connectivity index (χ3v) is 4.04. The molecule has 0 saturated carbocycles. The Hall–Kier alpha value is -1.55. The van der Waals surface area contributed by atoms with Gasteiger partial charge < -0.3 is 10.1 Å². The molecule has 1 atom stereocenters. The van der Waals surface area contributed by atoms with Crippen molar-refractivity contribution in [1.82, 2.24) is 10.2 Å². The summed E-state index contributed by atoms with van der Waals surface area (Å²) in [5.74, 6) is 0. The summed E-state index contributed by atoms with van der Waals surface area (Å²) in [4.78, 5) is 14.0. The lowest BCUT2D eigenvalue weighted by atomic mass is 9.99. The van der Waals surface area contributed by atoms with Crippen molar-refractivity contribution < 1.29 is 9.53 Å². The molecular weight excluding hydrogens is 240 g/mol. The molecule has 2 aliphatic rings. The van der Waals surface area contributed by atoms with Gasteiger partial charge >= 0.3 is 6.09 Å². The number of cyclic esters (lactones) is 1. The molecule has 2 saturated heterocycles. The Morgan fingerprint density at radius 2 is 2.11 bits per heavy atom. The van der Waals surface area contributed by atoms with Gasteiger partial charge in [0, 0.05) is 6.04 Å². The van der Waals surface area contributed by atoms with Crippen LogP contribution in [-0.2, 0) is 4.74 Å². The number of aryl methyl sites for hydroxylation is 1. The molecule has 0 spiro atoms. The number of benzene rings is 1. The first-order chi connectivity index (χ1) is 9.25. The smallest absolute Gasteiger partial charge is 0.410 e. The minimum absolute atomic E-state index is 0.0792. The summed E-state index contributed by atoms with van der Waals surface area (Å²) in [5, 5.41) is 3.34. The number of ether oxygens (including phenoxy) is 1. The highest BCUT2D eigenvalue weighted by Crippen LogP contribution is 2.32. The first-order valence-corrected chi connectivity index (χ1v) is 6.98. The molecule has 4 heteroatoms. The molecule has 0 aliphatic carbocycles. The van der Waals surface area contributed by atoms with Gasteiger partial charge in [0.25, 0.3) is 0 Å². The Morgan fingerprint density at radius 3 is 2.84 bits per heavy atom. The van der Waals surface area contributed by atoms with E-state index in [0.717, 1.165) is 25.9 Å². The van der Waals surface area contributed by atoms with Crippen molar-refractivity contribution in [2.75, 3.05) is 19.7 Å². The van der Waals surface area contributed by atoms with Crippen LogP contribution in [0.15, 0.2) is 24.3 Å². The molecule has 1 amide bonds. The summed E-state index contributed by atoms with van der Waals surface area (Å²) in [6.07, 6.45) is 1.87. The third-order valence-electron chi connectivity index (χ3n) is 4.04. The minimum atomic E-state index is -0.154. The van der Waals surface area contributed by atoms with Crippen molar-refractivity contribution in [3.05, 3.63) is 35.4 Å². The van der Waals surface area contributed by atoms with Crippen molar-refractivity contribution in [3.8, 4) is 0 Å². The second-order valence-corrected chi connectivity index (χ2v) is 5.40. The minimum Gasteiger partial charge on any atom is -0.447 e. The molecule has 0 aromatic heterocycles. The Kier molecular flexibility index (Phi) is 3.42. The molecule has 1 aromatic carbocycles. The number of carbonyl (C=O) groups is 1. The number of rotatable bonds is 2. The number of nitrogens with one attached hydrogen (secondary N) is 1. The van der Waals surface area contributed by atoms with Gasteiger partial charge in [0.15, 0.2) is 0 Å². The number of nitrogens with zero attached hydrogens (tertiary/aromatic N) is 1. The second-order valence-electron chi connectivity index (χ2n) is 5.40. The second kappa shape index (κ2) is 5.21. The predicted octanol–water partition coefficient (Wildman–Crippen LogP) is 2.24. The zero-order valence-corrected chi connectivity index (χ0v) is 11.3. The zero-order valence-electron chi connectivity index (χ0n) is 11.3. The standard InChI is InChI=1S/C15H20N2O2/c1-11-3-2-4-12(9-11)14-10-19-15(18)17(14)13-5-7-16-8-6-13/h2-4,9,13-14,16H,5-8,10H2,1H3/t14-/m0/s1. The highest BCUT2D eigenvalue weighted by Gasteiger charge is 2.39. The van der Waals surface area contributed by atoms with Crippen LogP contribution in [0.3, 0.4) is 0 Å². The topological polar surface area (TPSA) is 41.6 Å². The summed E-state index contributed by atoms with van der Waals surface area (Å²) in [6.45, 7) is 4.52. The molecular formula is C15H20N2O2. The zero-order chi connectivity index (χ0) is 13.2. The van der Waals surface area contributed by atoms with Gasteiger partial charge in [0.2, 0.25) is 0 Å². The van der Waals surface area contributed by atoms with E-state index in [1.165, 1.54) is 11.1 Å². The summed E-state index contributed by atoms with van der Waals surface area (Å²) in [7, 11) is 0. The van der Waals surface area contributed by atoms with E-state index in [4.69, 9.17) is 4.74 Å². The lowest BCUT2D eigenvalue weighted by Gasteiger charge is -2.33. The monoisotopic (exact) mass is 260 g/mol. The quantitative estimate of drug-likeness (QED) is 0.886. The van der Waals surface area contributed by atoms with Gasteiger partial charge in [-0.3, -0.25) is 4.90 Å². The fraction of sp³-hybridized carbons (Fsp3) is 0.533. The largest absolute Gasteiger partial charge is 0.447 e. The predicted molar refractivity (Wildman–Crippen MR) is 73.0 cm³/mol. The maximum Gasteiger partial charge on any atom is 0.410 e. The molecule has 4 nitrogen and oxygen atoms in total. The molecule has 2 fully saturated rings. The number of hydrogen-bond acceptors (Lipinski definition) is 3. The van der Waals surface area contributed by atoms with E-state index in [1.807, 2.05) is 11.0 Å². The Morgan fingerprint density at radius 1 is 1.32 bits per heavy atom. The van der Waals surface area contributed by atoms with Gasteiger partial charge in [-0.2, -0.15) is 0 Å². The fourth-order valence-corrected chi connectivity index (χ4v) is 3.05. The van der Waals surface area contributed by atoms with E-state index < -0.39 is 0 Å². The average molecular weight is 260 g/mol. The van der Waals surface area contributed by atoms with Crippen LogP contribution in [0, 0.1) is 6.92 Å². The lowest BCUT2D eigenvalue weighted by molar-refractivity contribution is 0.134. The Balaban J connectivity index is 1.85. The highest BCUT2D eigenvalue weighted by molar-refractivity contribution is 5.71. The number of hydrogen-bond donors (Lipinski definition) is 1. The normalized spacial score (nSPS) is 24.6. The van der Waals surface area contributed by atoms with E-state index >= 15 is 0 Å². The van der Waals surface area contributed by atoms with Crippen molar-refractivity contribution in [2.45, 2.75) is 31.8 Å². The SMILES string of the molecule is Cc1cccc([C@@H]2COC(=O)N2C2CCNCC2)c1. The maximum absolute atomic E-state index is 12.0. The summed E-state index contributed by atoms with van der Waals surface area (Å²) in [5.41, 5.74) is 2.41. The van der Waals surface area contributed by atoms with E-state index in [-0.39, 0.29) is 12.1 Å². The van der Waals surface area contributed by atoms with Gasteiger partial charge in [0.05, 0.1) is 6.04 Å². The van der Waals surface area contributed by atoms with E-state index in [1.54, 1.807) is 0 Å². The maximum atomic E-state index is 12.0. The lowest BCUT2D eigenvalue weighted by Crippen LogP contribution is -2.44. The van der Waals surface area contributed by atoms with Crippen molar-refractivity contribution in [3.63, 3.8) is 0 Å². The third kappa shape index (κ3) is 2.45. The van der Waals surface area contributed by atoms with Gasteiger partial charge in [-0.05, 0) is 38.4 Å². The summed E-state index contributed by atoms with van der Waals surface area (Å²) in [6, 6.07) is 8.76. The number of carbonyl (C=O) groups excluding carboxylic acids is 1. The van der Waals surface area contributed by atoms with Crippen LogP contribution >= 0.6 is 0 Å². The highest BCUT2D eigenvalue weighted by atomic mass is 16.6. The molecule has 1 N–H and O–H groups in total. The molecule has 3 rings (SSSR count). The van der Waals surface area contributed by atoms with Crippen molar-refractivity contribution >= 4 is 6.09 Å². The van der Waals surface area contributed by atoms with Crippen LogP contribution in [0.5, 0.6) is 0 Å². The number of amides is 1. The van der Waals surface area contributed by atoms with Crippen LogP contribution in [0.1, 0.15) is 30.0 Å². The molecule has 2 heterocycles. The van der Waals surface area contributed by atoms with Crippen LogP contribution in [-0.4, -0.2) is 36.7 Å². The van der Waals surface area contributed by atoms with Crippen LogP contribution in [0.2, 0.25) is 0 Å². The fourth-order valence-electron chi connectivity index (χ4n) is 3.05. The summed E-state index contributed by atoms with van der Waals surface area (Å²) >= 11 is 0. The molecule has 102 valence electrons. The average Bonchev–Trinajstić information content (AvgIpc) is 2.82. The van der Waals surface area contributed by atoms with Gasteiger partial charge in [-0.15, -0.1) is 0 Å². The molecule has 0 radical (unpaired) electrons. The summed E-state index contributed by atoms with van der Waals surface area (Å²) < 4.78 is 5.29. The van der Waals surface area contributed by atoms with Crippen molar-refractivity contribution in [2.24, 2.45) is 0 Å². The van der Waals surface area contributed by atoms with Crippen LogP contribution in [0.4, 0.5) is 4.79 Å².